The monoisotopic (exact) mass is 188 g/mol. The summed E-state index contributed by atoms with van der Waals surface area (Å²) in [7, 11) is 0. The third-order valence-corrected chi connectivity index (χ3v) is 3.37. The van der Waals surface area contributed by atoms with Crippen molar-refractivity contribution in [1.29, 1.82) is 0 Å². The van der Waals surface area contributed by atoms with Crippen molar-refractivity contribution in [2.75, 3.05) is 0 Å². The van der Waals surface area contributed by atoms with Gasteiger partial charge in [-0.15, -0.1) is 6.58 Å². The summed E-state index contributed by atoms with van der Waals surface area (Å²) in [6.45, 7) is 5.89. The number of aliphatic hydroxyl groups is 1. The van der Waals surface area contributed by atoms with Crippen molar-refractivity contribution in [3.05, 3.63) is 48.0 Å². The molecular weight excluding hydrogens is 172 g/mol. The highest BCUT2D eigenvalue weighted by molar-refractivity contribution is 5.34. The zero-order valence-electron chi connectivity index (χ0n) is 8.53. The first-order chi connectivity index (χ1) is 6.67. The number of hydrogen-bond acceptors (Lipinski definition) is 1. The molecule has 2 rings (SSSR count). The molecular formula is C13H16O. The Balaban J connectivity index is 2.46. The van der Waals surface area contributed by atoms with E-state index in [4.69, 9.17) is 0 Å². The number of rotatable bonds is 1. The predicted octanol–water partition coefficient (Wildman–Crippen LogP) is 2.86. The molecule has 74 valence electrons. The zero-order chi connectivity index (χ0) is 10.2. The lowest BCUT2D eigenvalue weighted by Gasteiger charge is -2.37. The fourth-order valence-electron chi connectivity index (χ4n) is 2.14. The fourth-order valence-corrected chi connectivity index (χ4v) is 2.14. The molecule has 0 spiro atoms. The zero-order valence-corrected chi connectivity index (χ0v) is 8.53. The van der Waals surface area contributed by atoms with Crippen LogP contribution in [0.2, 0.25) is 0 Å². The molecule has 0 radical (unpaired) electrons. The van der Waals surface area contributed by atoms with Crippen molar-refractivity contribution in [3.8, 4) is 0 Å². The lowest BCUT2D eigenvalue weighted by Crippen LogP contribution is -2.28. The van der Waals surface area contributed by atoms with E-state index < -0.39 is 6.10 Å². The van der Waals surface area contributed by atoms with Crippen molar-refractivity contribution >= 4 is 0 Å². The van der Waals surface area contributed by atoms with Crippen LogP contribution in [0.3, 0.4) is 0 Å². The highest BCUT2D eigenvalue weighted by atomic mass is 16.3. The standard InChI is InChI=1S/C13H16O/c1-3-13(2)9-8-10-6-4-5-7-11(10)12(13)14/h3-7,12,14H,1,8-9H2,2H3. The van der Waals surface area contributed by atoms with Gasteiger partial charge in [0.05, 0.1) is 6.10 Å². The lowest BCUT2D eigenvalue weighted by atomic mass is 9.71. The van der Waals surface area contributed by atoms with Gasteiger partial charge >= 0.3 is 0 Å². The first-order valence-electron chi connectivity index (χ1n) is 5.07. The van der Waals surface area contributed by atoms with Gasteiger partial charge in [-0.1, -0.05) is 37.3 Å². The van der Waals surface area contributed by atoms with Gasteiger partial charge in [-0.05, 0) is 24.0 Å². The van der Waals surface area contributed by atoms with Crippen LogP contribution in [0.5, 0.6) is 0 Å². The molecule has 1 aromatic rings. The van der Waals surface area contributed by atoms with Gasteiger partial charge in [-0.3, -0.25) is 0 Å². The molecule has 0 aliphatic heterocycles. The summed E-state index contributed by atoms with van der Waals surface area (Å²) < 4.78 is 0. The highest BCUT2D eigenvalue weighted by Gasteiger charge is 2.35. The van der Waals surface area contributed by atoms with Crippen LogP contribution in [0.4, 0.5) is 0 Å². The Morgan fingerprint density at radius 3 is 2.93 bits per heavy atom. The number of benzene rings is 1. The summed E-state index contributed by atoms with van der Waals surface area (Å²) >= 11 is 0. The quantitative estimate of drug-likeness (QED) is 0.672. The summed E-state index contributed by atoms with van der Waals surface area (Å²) in [5, 5.41) is 10.2. The molecule has 1 aromatic carbocycles. The molecule has 0 heterocycles. The van der Waals surface area contributed by atoms with Crippen LogP contribution in [-0.2, 0) is 6.42 Å². The van der Waals surface area contributed by atoms with E-state index in [0.717, 1.165) is 18.4 Å². The van der Waals surface area contributed by atoms with Gasteiger partial charge in [-0.2, -0.15) is 0 Å². The van der Waals surface area contributed by atoms with E-state index in [2.05, 4.69) is 19.6 Å². The van der Waals surface area contributed by atoms with Crippen LogP contribution in [0.1, 0.15) is 30.6 Å². The molecule has 14 heavy (non-hydrogen) atoms. The fraction of sp³-hybridized carbons (Fsp3) is 0.385. The van der Waals surface area contributed by atoms with Crippen LogP contribution in [0, 0.1) is 5.41 Å². The Morgan fingerprint density at radius 2 is 2.21 bits per heavy atom. The van der Waals surface area contributed by atoms with E-state index in [-0.39, 0.29) is 5.41 Å². The molecule has 2 atom stereocenters. The summed E-state index contributed by atoms with van der Waals surface area (Å²) in [6.07, 6.45) is 3.50. The van der Waals surface area contributed by atoms with Crippen molar-refractivity contribution in [3.63, 3.8) is 0 Å². The Labute approximate surface area is 85.1 Å². The third-order valence-electron chi connectivity index (χ3n) is 3.37. The van der Waals surface area contributed by atoms with E-state index >= 15 is 0 Å². The molecule has 0 amide bonds. The second kappa shape index (κ2) is 3.25. The Morgan fingerprint density at radius 1 is 1.50 bits per heavy atom. The van der Waals surface area contributed by atoms with E-state index in [1.807, 2.05) is 24.3 Å². The average molecular weight is 188 g/mol. The normalized spacial score (nSPS) is 30.9. The van der Waals surface area contributed by atoms with Gasteiger partial charge < -0.3 is 5.11 Å². The Kier molecular flexibility index (Phi) is 2.20. The number of aliphatic hydroxyl groups excluding tert-OH is 1. The van der Waals surface area contributed by atoms with E-state index in [0.29, 0.717) is 0 Å². The molecule has 1 N–H and O–H groups in total. The van der Waals surface area contributed by atoms with Gasteiger partial charge in [0.2, 0.25) is 0 Å². The van der Waals surface area contributed by atoms with E-state index in [1.165, 1.54) is 5.56 Å². The molecule has 1 heteroatoms. The van der Waals surface area contributed by atoms with Crippen LogP contribution in [-0.4, -0.2) is 5.11 Å². The van der Waals surface area contributed by atoms with Crippen LogP contribution in [0.15, 0.2) is 36.9 Å². The molecule has 2 unspecified atom stereocenters. The number of aryl methyl sites for hydroxylation is 1. The largest absolute Gasteiger partial charge is 0.388 e. The van der Waals surface area contributed by atoms with Gasteiger partial charge in [0.15, 0.2) is 0 Å². The third kappa shape index (κ3) is 1.28. The van der Waals surface area contributed by atoms with Crippen LogP contribution >= 0.6 is 0 Å². The van der Waals surface area contributed by atoms with Crippen LogP contribution < -0.4 is 0 Å². The van der Waals surface area contributed by atoms with E-state index in [9.17, 15) is 5.11 Å². The Hall–Kier alpha value is -1.08. The average Bonchev–Trinajstić information content (AvgIpc) is 2.24. The smallest absolute Gasteiger partial charge is 0.0880 e. The number of fused-ring (bicyclic) bond motifs is 1. The first kappa shape index (κ1) is 9.47. The van der Waals surface area contributed by atoms with E-state index in [1.54, 1.807) is 0 Å². The van der Waals surface area contributed by atoms with Gasteiger partial charge in [-0.25, -0.2) is 0 Å². The summed E-state index contributed by atoms with van der Waals surface area (Å²) in [5.41, 5.74) is 2.19. The van der Waals surface area contributed by atoms with Crippen molar-refractivity contribution in [2.24, 2.45) is 5.41 Å². The van der Waals surface area contributed by atoms with Gasteiger partial charge in [0.1, 0.15) is 0 Å². The molecule has 0 aromatic heterocycles. The second-order valence-electron chi connectivity index (χ2n) is 4.31. The maximum atomic E-state index is 10.2. The van der Waals surface area contributed by atoms with Crippen molar-refractivity contribution < 1.29 is 5.11 Å². The molecule has 0 saturated carbocycles. The van der Waals surface area contributed by atoms with Gasteiger partial charge in [0, 0.05) is 5.41 Å². The second-order valence-corrected chi connectivity index (χ2v) is 4.31. The summed E-state index contributed by atoms with van der Waals surface area (Å²) in [6, 6.07) is 8.13. The minimum absolute atomic E-state index is 0.158. The summed E-state index contributed by atoms with van der Waals surface area (Å²) in [5.74, 6) is 0. The predicted molar refractivity (Wildman–Crippen MR) is 58.0 cm³/mol. The molecule has 0 saturated heterocycles. The van der Waals surface area contributed by atoms with Crippen molar-refractivity contribution in [1.82, 2.24) is 0 Å². The van der Waals surface area contributed by atoms with Crippen LogP contribution in [0.25, 0.3) is 0 Å². The highest BCUT2D eigenvalue weighted by Crippen LogP contribution is 2.44. The minimum Gasteiger partial charge on any atom is -0.388 e. The summed E-state index contributed by atoms with van der Waals surface area (Å²) in [4.78, 5) is 0. The maximum Gasteiger partial charge on any atom is 0.0880 e. The minimum atomic E-state index is -0.398. The molecule has 0 fully saturated rings. The molecule has 0 bridgehead atoms. The Bertz CT molecular complexity index is 356. The molecule has 1 aliphatic rings. The maximum absolute atomic E-state index is 10.2. The molecule has 1 nitrogen and oxygen atoms in total. The van der Waals surface area contributed by atoms with Gasteiger partial charge in [0.25, 0.3) is 0 Å². The first-order valence-corrected chi connectivity index (χ1v) is 5.07. The number of hydrogen-bond donors (Lipinski definition) is 1. The molecule has 1 aliphatic carbocycles. The topological polar surface area (TPSA) is 20.2 Å². The lowest BCUT2D eigenvalue weighted by molar-refractivity contribution is 0.0548. The van der Waals surface area contributed by atoms with Crippen molar-refractivity contribution in [2.45, 2.75) is 25.9 Å². The SMILES string of the molecule is C=CC1(C)CCc2ccccc2C1O.